The number of hydrogen-bond donors (Lipinski definition) is 3. The minimum atomic E-state index is -0.763. The maximum absolute atomic E-state index is 11.8. The van der Waals surface area contributed by atoms with Crippen molar-refractivity contribution in [1.29, 1.82) is 0 Å². The predicted octanol–water partition coefficient (Wildman–Crippen LogP) is 2.57. The lowest BCUT2D eigenvalue weighted by molar-refractivity contribution is 0.0699. The average molecular weight is 315 g/mol. The summed E-state index contributed by atoms with van der Waals surface area (Å²) >= 11 is 7.64. The van der Waals surface area contributed by atoms with Crippen molar-refractivity contribution in [3.8, 4) is 0 Å². The van der Waals surface area contributed by atoms with Crippen molar-refractivity contribution in [3.05, 3.63) is 34.9 Å². The standard InChI is InChI=1S/C14H19ClN2O2S/c1-10(11-3-2-4-12(15)7-11)17-13(18)16-8-14(19)5-6-20-9-14/h2-4,7,10,19H,5-6,8-9H2,1H3,(H2,16,17,18). The molecular weight excluding hydrogens is 296 g/mol. The maximum Gasteiger partial charge on any atom is 0.315 e. The molecule has 2 amide bonds. The highest BCUT2D eigenvalue weighted by atomic mass is 35.5. The summed E-state index contributed by atoms with van der Waals surface area (Å²) < 4.78 is 0. The summed E-state index contributed by atoms with van der Waals surface area (Å²) in [4.78, 5) is 11.8. The highest BCUT2D eigenvalue weighted by molar-refractivity contribution is 7.99. The molecule has 1 aromatic rings. The van der Waals surface area contributed by atoms with Crippen LogP contribution in [0.15, 0.2) is 24.3 Å². The molecule has 3 N–H and O–H groups in total. The summed E-state index contributed by atoms with van der Waals surface area (Å²) in [6.07, 6.45) is 0.724. The van der Waals surface area contributed by atoms with Crippen molar-refractivity contribution in [3.63, 3.8) is 0 Å². The molecule has 1 aliphatic rings. The fraction of sp³-hybridized carbons (Fsp3) is 0.500. The number of aliphatic hydroxyl groups is 1. The first-order chi connectivity index (χ1) is 9.48. The molecule has 0 radical (unpaired) electrons. The topological polar surface area (TPSA) is 61.4 Å². The molecule has 110 valence electrons. The number of thioether (sulfide) groups is 1. The Hall–Kier alpha value is -0.910. The van der Waals surface area contributed by atoms with Gasteiger partial charge >= 0.3 is 6.03 Å². The van der Waals surface area contributed by atoms with Gasteiger partial charge in [0.05, 0.1) is 11.6 Å². The minimum absolute atomic E-state index is 0.138. The van der Waals surface area contributed by atoms with Gasteiger partial charge in [-0.1, -0.05) is 23.7 Å². The molecule has 0 aliphatic carbocycles. The molecule has 0 spiro atoms. The van der Waals surface area contributed by atoms with Gasteiger partial charge in [-0.2, -0.15) is 11.8 Å². The van der Waals surface area contributed by atoms with Gasteiger partial charge < -0.3 is 15.7 Å². The fourth-order valence-corrected chi connectivity index (χ4v) is 3.58. The Kier molecular flexibility index (Phi) is 5.18. The Morgan fingerprint density at radius 2 is 2.40 bits per heavy atom. The van der Waals surface area contributed by atoms with Crippen molar-refractivity contribution in [2.45, 2.75) is 25.0 Å². The SMILES string of the molecule is CC(NC(=O)NCC1(O)CCSC1)c1cccc(Cl)c1. The number of carbonyl (C=O) groups is 1. The number of amides is 2. The first-order valence-electron chi connectivity index (χ1n) is 6.58. The van der Waals surface area contributed by atoms with Gasteiger partial charge in [-0.25, -0.2) is 4.79 Å². The Balaban J connectivity index is 1.82. The van der Waals surface area contributed by atoms with Crippen LogP contribution >= 0.6 is 23.4 Å². The van der Waals surface area contributed by atoms with E-state index in [9.17, 15) is 9.90 Å². The van der Waals surface area contributed by atoms with Crippen LogP contribution in [0.5, 0.6) is 0 Å². The Morgan fingerprint density at radius 1 is 1.60 bits per heavy atom. The van der Waals surface area contributed by atoms with Crippen molar-refractivity contribution in [2.24, 2.45) is 0 Å². The van der Waals surface area contributed by atoms with Crippen LogP contribution in [-0.4, -0.2) is 34.8 Å². The van der Waals surface area contributed by atoms with Crippen LogP contribution in [0, 0.1) is 0 Å². The van der Waals surface area contributed by atoms with Crippen molar-refractivity contribution in [1.82, 2.24) is 10.6 Å². The Labute approximate surface area is 128 Å². The van der Waals surface area contributed by atoms with E-state index in [4.69, 9.17) is 11.6 Å². The van der Waals surface area contributed by atoms with Crippen LogP contribution in [0.4, 0.5) is 4.79 Å². The number of nitrogens with one attached hydrogen (secondary N) is 2. The third-order valence-corrected chi connectivity index (χ3v) is 4.83. The molecule has 4 nitrogen and oxygen atoms in total. The second kappa shape index (κ2) is 6.70. The molecule has 1 aromatic carbocycles. The highest BCUT2D eigenvalue weighted by Gasteiger charge is 2.32. The molecule has 1 saturated heterocycles. The van der Waals surface area contributed by atoms with Gasteiger partial charge in [0.15, 0.2) is 0 Å². The summed E-state index contributed by atoms with van der Waals surface area (Å²) in [5.41, 5.74) is 0.184. The molecular formula is C14H19ClN2O2S. The Bertz CT molecular complexity index is 478. The van der Waals surface area contributed by atoms with E-state index in [1.807, 2.05) is 25.1 Å². The van der Waals surface area contributed by atoms with Crippen molar-refractivity contribution in [2.75, 3.05) is 18.1 Å². The van der Waals surface area contributed by atoms with Crippen LogP contribution in [0.1, 0.15) is 24.9 Å². The zero-order valence-electron chi connectivity index (χ0n) is 11.4. The van der Waals surface area contributed by atoms with Crippen LogP contribution in [-0.2, 0) is 0 Å². The van der Waals surface area contributed by atoms with Crippen LogP contribution in [0.2, 0.25) is 5.02 Å². The van der Waals surface area contributed by atoms with Gasteiger partial charge in [-0.15, -0.1) is 0 Å². The normalized spacial score (nSPS) is 23.4. The molecule has 1 fully saturated rings. The number of urea groups is 1. The van der Waals surface area contributed by atoms with Gasteiger partial charge in [0, 0.05) is 17.3 Å². The zero-order valence-corrected chi connectivity index (χ0v) is 12.9. The quantitative estimate of drug-likeness (QED) is 0.800. The molecule has 1 aliphatic heterocycles. The van der Waals surface area contributed by atoms with E-state index in [0.717, 1.165) is 17.7 Å². The zero-order chi connectivity index (χ0) is 14.6. The number of hydrogen-bond acceptors (Lipinski definition) is 3. The number of carbonyl (C=O) groups excluding carboxylic acids is 1. The highest BCUT2D eigenvalue weighted by Crippen LogP contribution is 2.27. The van der Waals surface area contributed by atoms with Gasteiger partial charge in [0.2, 0.25) is 0 Å². The number of halogens is 1. The Morgan fingerprint density at radius 3 is 3.05 bits per heavy atom. The third-order valence-electron chi connectivity index (χ3n) is 3.36. The van der Waals surface area contributed by atoms with E-state index in [-0.39, 0.29) is 18.6 Å². The molecule has 20 heavy (non-hydrogen) atoms. The van der Waals surface area contributed by atoms with E-state index < -0.39 is 5.60 Å². The molecule has 6 heteroatoms. The fourth-order valence-electron chi connectivity index (χ4n) is 2.09. The smallest absolute Gasteiger partial charge is 0.315 e. The summed E-state index contributed by atoms with van der Waals surface area (Å²) in [7, 11) is 0. The van der Waals surface area contributed by atoms with Gasteiger partial charge in [-0.3, -0.25) is 0 Å². The summed E-state index contributed by atoms with van der Waals surface area (Å²) in [6.45, 7) is 2.18. The third kappa shape index (κ3) is 4.30. The summed E-state index contributed by atoms with van der Waals surface area (Å²) in [5, 5.41) is 16.4. The molecule has 0 bridgehead atoms. The van der Waals surface area contributed by atoms with Gasteiger partial charge in [-0.05, 0) is 36.8 Å². The van der Waals surface area contributed by atoms with Crippen molar-refractivity contribution >= 4 is 29.4 Å². The van der Waals surface area contributed by atoms with E-state index in [0.29, 0.717) is 10.8 Å². The predicted molar refractivity (Wildman–Crippen MR) is 83.3 cm³/mol. The van der Waals surface area contributed by atoms with Crippen molar-refractivity contribution < 1.29 is 9.90 Å². The molecule has 0 aromatic heterocycles. The molecule has 1 heterocycles. The first kappa shape index (κ1) is 15.5. The summed E-state index contributed by atoms with van der Waals surface area (Å²) in [5.74, 6) is 1.62. The van der Waals surface area contributed by atoms with Crippen LogP contribution < -0.4 is 10.6 Å². The van der Waals surface area contributed by atoms with Gasteiger partial charge in [0.25, 0.3) is 0 Å². The van der Waals surface area contributed by atoms with E-state index >= 15 is 0 Å². The lowest BCUT2D eigenvalue weighted by atomic mass is 10.0. The molecule has 2 rings (SSSR count). The second-order valence-electron chi connectivity index (χ2n) is 5.13. The van der Waals surface area contributed by atoms with Gasteiger partial charge in [0.1, 0.15) is 0 Å². The van der Waals surface area contributed by atoms with Crippen LogP contribution in [0.25, 0.3) is 0 Å². The second-order valence-corrected chi connectivity index (χ2v) is 6.67. The van der Waals surface area contributed by atoms with E-state index in [2.05, 4.69) is 10.6 Å². The monoisotopic (exact) mass is 314 g/mol. The van der Waals surface area contributed by atoms with Crippen LogP contribution in [0.3, 0.4) is 0 Å². The maximum atomic E-state index is 11.8. The lowest BCUT2D eigenvalue weighted by Gasteiger charge is -2.22. The average Bonchev–Trinajstić information content (AvgIpc) is 2.84. The van der Waals surface area contributed by atoms with E-state index in [1.54, 1.807) is 17.8 Å². The minimum Gasteiger partial charge on any atom is -0.387 e. The molecule has 2 unspecified atom stereocenters. The lowest BCUT2D eigenvalue weighted by Crippen LogP contribution is -2.46. The summed E-state index contributed by atoms with van der Waals surface area (Å²) in [6, 6.07) is 6.98. The first-order valence-corrected chi connectivity index (χ1v) is 8.12. The van der Waals surface area contributed by atoms with E-state index in [1.165, 1.54) is 0 Å². The molecule has 2 atom stereocenters. The number of rotatable bonds is 4. The largest absolute Gasteiger partial charge is 0.387 e. The molecule has 0 saturated carbocycles. The number of benzene rings is 1.